The van der Waals surface area contributed by atoms with Crippen LogP contribution in [0.3, 0.4) is 0 Å². The predicted molar refractivity (Wildman–Crippen MR) is 85.5 cm³/mol. The molecule has 2 aromatic carbocycles. The predicted octanol–water partition coefficient (Wildman–Crippen LogP) is 5.76. The second-order valence-electron chi connectivity index (χ2n) is 5.86. The van der Waals surface area contributed by atoms with Gasteiger partial charge in [-0.2, -0.15) is 0 Å². The Bertz CT molecular complexity index is 561. The highest BCUT2D eigenvalue weighted by Gasteiger charge is 1.98. The third-order valence-corrected chi connectivity index (χ3v) is 3.56. The third kappa shape index (κ3) is 4.24. The summed E-state index contributed by atoms with van der Waals surface area (Å²) in [5, 5.41) is 2.68. The van der Waals surface area contributed by atoms with Crippen LogP contribution in [-0.2, 0) is 6.42 Å². The minimum atomic E-state index is 0.760. The van der Waals surface area contributed by atoms with E-state index in [1.165, 1.54) is 34.8 Å². The Morgan fingerprint density at radius 3 is 2.53 bits per heavy atom. The van der Waals surface area contributed by atoms with Gasteiger partial charge in [-0.15, -0.1) is 0 Å². The van der Waals surface area contributed by atoms with Crippen LogP contribution in [0.5, 0.6) is 0 Å². The monoisotopic (exact) mass is 252 g/mol. The number of fused-ring (bicyclic) bond motifs is 1. The highest BCUT2D eigenvalue weighted by molar-refractivity contribution is 5.82. The van der Waals surface area contributed by atoms with Gasteiger partial charge in [0.15, 0.2) is 0 Å². The highest BCUT2D eigenvalue weighted by Crippen LogP contribution is 2.18. The molecule has 0 fully saturated rings. The minimum Gasteiger partial charge on any atom is -0.0853 e. The van der Waals surface area contributed by atoms with Crippen LogP contribution in [0, 0.1) is 5.92 Å². The fraction of sp³-hybridized carbons (Fsp3) is 0.368. The Morgan fingerprint density at radius 2 is 1.79 bits per heavy atom. The van der Waals surface area contributed by atoms with Gasteiger partial charge in [0.2, 0.25) is 0 Å². The van der Waals surface area contributed by atoms with Gasteiger partial charge in [-0.1, -0.05) is 68.0 Å². The molecule has 0 aliphatic carbocycles. The van der Waals surface area contributed by atoms with E-state index in [1.54, 1.807) is 0 Å². The molecule has 19 heavy (non-hydrogen) atoms. The summed E-state index contributed by atoms with van der Waals surface area (Å²) in [5.74, 6) is 0.760. The number of allylic oxidation sites excluding steroid dienone is 2. The first kappa shape index (κ1) is 13.9. The van der Waals surface area contributed by atoms with E-state index < -0.39 is 0 Å². The molecule has 0 heteroatoms. The first-order valence-electron chi connectivity index (χ1n) is 7.28. The average Bonchev–Trinajstić information content (AvgIpc) is 2.42. The van der Waals surface area contributed by atoms with Crippen molar-refractivity contribution in [3.63, 3.8) is 0 Å². The van der Waals surface area contributed by atoms with Crippen molar-refractivity contribution in [1.29, 1.82) is 0 Å². The van der Waals surface area contributed by atoms with E-state index in [4.69, 9.17) is 0 Å². The first-order valence-corrected chi connectivity index (χ1v) is 7.28. The Hall–Kier alpha value is -1.56. The summed E-state index contributed by atoms with van der Waals surface area (Å²) in [5.41, 5.74) is 2.96. The van der Waals surface area contributed by atoms with Crippen molar-refractivity contribution in [2.24, 2.45) is 5.92 Å². The van der Waals surface area contributed by atoms with Crippen molar-refractivity contribution in [1.82, 2.24) is 0 Å². The second-order valence-corrected chi connectivity index (χ2v) is 5.86. The summed E-state index contributed by atoms with van der Waals surface area (Å²) < 4.78 is 0. The van der Waals surface area contributed by atoms with Crippen molar-refractivity contribution in [3.05, 3.63) is 59.7 Å². The lowest BCUT2D eigenvalue weighted by Crippen LogP contribution is -1.89. The second kappa shape index (κ2) is 6.56. The lowest BCUT2D eigenvalue weighted by atomic mass is 10.0. The van der Waals surface area contributed by atoms with Crippen LogP contribution < -0.4 is 0 Å². The van der Waals surface area contributed by atoms with Gasteiger partial charge in [0.05, 0.1) is 0 Å². The number of hydrogen-bond acceptors (Lipinski definition) is 0. The van der Waals surface area contributed by atoms with Crippen molar-refractivity contribution in [3.8, 4) is 0 Å². The zero-order chi connectivity index (χ0) is 13.7. The van der Waals surface area contributed by atoms with E-state index >= 15 is 0 Å². The molecule has 0 unspecified atom stereocenters. The molecular formula is C19H24. The summed E-state index contributed by atoms with van der Waals surface area (Å²) >= 11 is 0. The van der Waals surface area contributed by atoms with Crippen LogP contribution in [0.25, 0.3) is 10.8 Å². The van der Waals surface area contributed by atoms with Crippen molar-refractivity contribution in [2.45, 2.75) is 40.0 Å². The normalized spacial score (nSPS) is 12.3. The SMILES string of the molecule is C/C(=C/CC(C)C)CCc1ccc2ccccc2c1. The average molecular weight is 252 g/mol. The van der Waals surface area contributed by atoms with Crippen LogP contribution in [0.4, 0.5) is 0 Å². The van der Waals surface area contributed by atoms with Crippen LogP contribution in [-0.4, -0.2) is 0 Å². The molecule has 0 aromatic heterocycles. The highest BCUT2D eigenvalue weighted by atomic mass is 14.0. The molecule has 0 aliphatic rings. The molecule has 0 atom stereocenters. The zero-order valence-electron chi connectivity index (χ0n) is 12.3. The van der Waals surface area contributed by atoms with Crippen LogP contribution in [0.1, 0.15) is 39.2 Å². The van der Waals surface area contributed by atoms with E-state index in [1.807, 2.05) is 0 Å². The fourth-order valence-corrected chi connectivity index (χ4v) is 2.27. The Balaban J connectivity index is 2.00. The van der Waals surface area contributed by atoms with E-state index in [0.29, 0.717) is 0 Å². The van der Waals surface area contributed by atoms with E-state index in [9.17, 15) is 0 Å². The molecule has 2 rings (SSSR count). The molecule has 2 aromatic rings. The summed E-state index contributed by atoms with van der Waals surface area (Å²) in [4.78, 5) is 0. The molecule has 0 bridgehead atoms. The van der Waals surface area contributed by atoms with E-state index in [0.717, 1.165) is 12.3 Å². The van der Waals surface area contributed by atoms with Gasteiger partial charge < -0.3 is 0 Å². The Kier molecular flexibility index (Phi) is 4.79. The van der Waals surface area contributed by atoms with E-state index in [-0.39, 0.29) is 0 Å². The van der Waals surface area contributed by atoms with Gasteiger partial charge in [0, 0.05) is 0 Å². The summed E-state index contributed by atoms with van der Waals surface area (Å²) in [6.07, 6.45) is 5.91. The topological polar surface area (TPSA) is 0 Å². The van der Waals surface area contributed by atoms with Gasteiger partial charge in [0.1, 0.15) is 0 Å². The molecular weight excluding hydrogens is 228 g/mol. The smallest absolute Gasteiger partial charge is 0.0181 e. The maximum Gasteiger partial charge on any atom is -0.0181 e. The number of benzene rings is 2. The number of aryl methyl sites for hydroxylation is 1. The van der Waals surface area contributed by atoms with Gasteiger partial charge in [0.25, 0.3) is 0 Å². The molecule has 0 radical (unpaired) electrons. The largest absolute Gasteiger partial charge is 0.0853 e. The minimum absolute atomic E-state index is 0.760. The van der Waals surface area contributed by atoms with Gasteiger partial charge in [-0.05, 0) is 48.4 Å². The Morgan fingerprint density at radius 1 is 1.05 bits per heavy atom. The molecule has 0 saturated carbocycles. The van der Waals surface area contributed by atoms with E-state index in [2.05, 4.69) is 69.3 Å². The Labute approximate surface area is 117 Å². The van der Waals surface area contributed by atoms with Crippen LogP contribution in [0.15, 0.2) is 54.1 Å². The molecule has 100 valence electrons. The molecule has 0 N–H and O–H groups in total. The zero-order valence-corrected chi connectivity index (χ0v) is 12.3. The summed E-state index contributed by atoms with van der Waals surface area (Å²) in [7, 11) is 0. The van der Waals surface area contributed by atoms with Crippen molar-refractivity contribution < 1.29 is 0 Å². The molecule has 0 aliphatic heterocycles. The molecule has 0 saturated heterocycles. The first-order chi connectivity index (χ1) is 9.15. The number of rotatable bonds is 5. The molecule has 0 amide bonds. The van der Waals surface area contributed by atoms with Crippen LogP contribution >= 0.6 is 0 Å². The number of hydrogen-bond donors (Lipinski definition) is 0. The maximum atomic E-state index is 2.39. The van der Waals surface area contributed by atoms with Crippen molar-refractivity contribution in [2.75, 3.05) is 0 Å². The lowest BCUT2D eigenvalue weighted by Gasteiger charge is -2.06. The van der Waals surface area contributed by atoms with Crippen molar-refractivity contribution >= 4 is 10.8 Å². The third-order valence-electron chi connectivity index (χ3n) is 3.56. The van der Waals surface area contributed by atoms with Gasteiger partial charge in [-0.3, -0.25) is 0 Å². The fourth-order valence-electron chi connectivity index (χ4n) is 2.27. The summed E-state index contributed by atoms with van der Waals surface area (Å²) in [6, 6.07) is 15.4. The molecule has 0 heterocycles. The summed E-state index contributed by atoms with van der Waals surface area (Å²) in [6.45, 7) is 6.80. The standard InChI is InChI=1S/C19H24/c1-15(2)8-9-16(3)10-11-17-12-13-18-6-4-5-7-19(18)14-17/h4-7,9,12-15H,8,10-11H2,1-3H3/b16-9-. The lowest BCUT2D eigenvalue weighted by molar-refractivity contribution is 0.659. The van der Waals surface area contributed by atoms with Gasteiger partial charge >= 0.3 is 0 Å². The molecule has 0 nitrogen and oxygen atoms in total. The maximum absolute atomic E-state index is 2.39. The van der Waals surface area contributed by atoms with Gasteiger partial charge in [-0.25, -0.2) is 0 Å². The van der Waals surface area contributed by atoms with Crippen LogP contribution in [0.2, 0.25) is 0 Å². The molecule has 0 spiro atoms. The quantitative estimate of drug-likeness (QED) is 0.593.